The fourth-order valence-electron chi connectivity index (χ4n) is 5.00. The molecule has 1 heterocycles. The number of unbranched alkanes of at least 4 members (excludes halogenated alkanes) is 1. The number of esters is 1. The molecular formula is C33H36N4O10S. The SMILES string of the molecule is COC(=O)c1c(O)cccc1OCCCCNC(=O)[C@H](Cc1ccc(C2CC(=O)NS2(O)O)c(C#N)c1)NC(=O)OCc1ccccc1. The van der Waals surface area contributed by atoms with Crippen molar-refractivity contribution >= 4 is 34.7 Å². The van der Waals surface area contributed by atoms with E-state index in [2.05, 4.69) is 15.4 Å². The Bertz CT molecular complexity index is 1680. The van der Waals surface area contributed by atoms with E-state index >= 15 is 0 Å². The van der Waals surface area contributed by atoms with Crippen molar-refractivity contribution in [1.82, 2.24) is 15.4 Å². The van der Waals surface area contributed by atoms with E-state index in [4.69, 9.17) is 14.2 Å². The summed E-state index contributed by atoms with van der Waals surface area (Å²) < 4.78 is 38.4. The molecule has 0 radical (unpaired) electrons. The zero-order valence-corrected chi connectivity index (χ0v) is 26.8. The van der Waals surface area contributed by atoms with Crippen molar-refractivity contribution in [3.05, 3.63) is 94.5 Å². The number of amides is 3. The largest absolute Gasteiger partial charge is 0.507 e. The summed E-state index contributed by atoms with van der Waals surface area (Å²) in [6, 6.07) is 18.9. The number of phenols is 1. The molecule has 0 bridgehead atoms. The maximum Gasteiger partial charge on any atom is 0.408 e. The maximum atomic E-state index is 13.3. The van der Waals surface area contributed by atoms with Crippen molar-refractivity contribution in [2.75, 3.05) is 20.3 Å². The quantitative estimate of drug-likeness (QED) is 0.105. The van der Waals surface area contributed by atoms with Gasteiger partial charge in [0, 0.05) is 13.0 Å². The molecule has 3 amide bonds. The number of nitrogens with one attached hydrogen (secondary N) is 3. The van der Waals surface area contributed by atoms with E-state index in [9.17, 15) is 38.7 Å². The predicted molar refractivity (Wildman–Crippen MR) is 174 cm³/mol. The summed E-state index contributed by atoms with van der Waals surface area (Å²) in [5.41, 5.74) is 1.54. The predicted octanol–water partition coefficient (Wildman–Crippen LogP) is 4.09. The lowest BCUT2D eigenvalue weighted by atomic mass is 9.97. The first-order chi connectivity index (χ1) is 23.0. The second-order valence-corrected chi connectivity index (χ2v) is 12.8. The number of alkyl carbamates (subject to hydrolysis) is 1. The van der Waals surface area contributed by atoms with Crippen molar-refractivity contribution in [3.8, 4) is 17.6 Å². The summed E-state index contributed by atoms with van der Waals surface area (Å²) in [7, 11) is -2.29. The number of benzene rings is 3. The summed E-state index contributed by atoms with van der Waals surface area (Å²) in [5.74, 6) is -1.91. The number of rotatable bonds is 14. The van der Waals surface area contributed by atoms with E-state index in [-0.39, 0.29) is 60.8 Å². The van der Waals surface area contributed by atoms with Crippen LogP contribution >= 0.6 is 10.8 Å². The topological polar surface area (TPSA) is 217 Å². The molecule has 15 heteroatoms. The average molecular weight is 681 g/mol. The zero-order valence-electron chi connectivity index (χ0n) is 26.0. The number of nitriles is 1. The van der Waals surface area contributed by atoms with Gasteiger partial charge < -0.3 is 30.0 Å². The van der Waals surface area contributed by atoms with Crippen LogP contribution in [0.2, 0.25) is 0 Å². The third-order valence-electron chi connectivity index (χ3n) is 7.40. The highest BCUT2D eigenvalue weighted by Gasteiger charge is 2.39. The molecule has 0 spiro atoms. The smallest absolute Gasteiger partial charge is 0.408 e. The summed E-state index contributed by atoms with van der Waals surface area (Å²) in [6.45, 7) is 0.366. The molecular weight excluding hydrogens is 644 g/mol. The standard InChI is InChI=1S/C33H36N4O10S/c1-45-32(41)30-26(38)10-7-11-27(30)46-15-6-5-14-35-31(40)25(36-33(42)47-20-21-8-3-2-4-9-21)17-22-12-13-24(23(16-22)19-34)28-18-29(39)37-48(28,43)44/h2-4,7-13,16,25,28,38,43-44H,5-6,14-15,17-18,20H2,1H3,(H,35,40)(H,36,42)(H,37,39)/t25-,28?/m0/s1. The molecule has 14 nitrogen and oxygen atoms in total. The summed E-state index contributed by atoms with van der Waals surface area (Å²) in [4.78, 5) is 49.8. The summed E-state index contributed by atoms with van der Waals surface area (Å²) in [5, 5.41) is 24.2. The summed E-state index contributed by atoms with van der Waals surface area (Å²) in [6.07, 6.45) is -0.116. The second kappa shape index (κ2) is 16.5. The van der Waals surface area contributed by atoms with E-state index in [0.29, 0.717) is 18.4 Å². The van der Waals surface area contributed by atoms with Gasteiger partial charge in [-0.25, -0.2) is 9.59 Å². The minimum atomic E-state index is -3.49. The van der Waals surface area contributed by atoms with Gasteiger partial charge >= 0.3 is 12.1 Å². The monoisotopic (exact) mass is 680 g/mol. The Hall–Kier alpha value is -5.30. The number of ether oxygens (including phenoxy) is 3. The normalized spacial score (nSPS) is 16.0. The van der Waals surface area contributed by atoms with E-state index in [1.54, 1.807) is 30.3 Å². The minimum absolute atomic E-state index is 0.0221. The Morgan fingerprint density at radius 1 is 1.06 bits per heavy atom. The van der Waals surface area contributed by atoms with Crippen LogP contribution in [-0.4, -0.2) is 64.4 Å². The van der Waals surface area contributed by atoms with Gasteiger partial charge in [0.2, 0.25) is 11.8 Å². The lowest BCUT2D eigenvalue weighted by molar-refractivity contribution is -0.123. The number of aromatic hydroxyl groups is 1. The molecule has 1 aliphatic heterocycles. The van der Waals surface area contributed by atoms with E-state index in [0.717, 1.165) is 5.56 Å². The lowest BCUT2D eigenvalue weighted by Gasteiger charge is -2.33. The van der Waals surface area contributed by atoms with Gasteiger partial charge in [-0.1, -0.05) is 48.5 Å². The first-order valence-corrected chi connectivity index (χ1v) is 16.5. The average Bonchev–Trinajstić information content (AvgIpc) is 3.35. The van der Waals surface area contributed by atoms with Crippen LogP contribution < -0.4 is 20.1 Å². The van der Waals surface area contributed by atoms with Crippen LogP contribution in [0.15, 0.2) is 66.7 Å². The van der Waals surface area contributed by atoms with Gasteiger partial charge in [0.25, 0.3) is 0 Å². The van der Waals surface area contributed by atoms with Crippen molar-refractivity contribution in [2.24, 2.45) is 0 Å². The third-order valence-corrected chi connectivity index (χ3v) is 9.14. The molecule has 0 aliphatic carbocycles. The van der Waals surface area contributed by atoms with Gasteiger partial charge in [-0.05, 0) is 47.7 Å². The van der Waals surface area contributed by atoms with Crippen molar-refractivity contribution in [2.45, 2.75) is 43.6 Å². The lowest BCUT2D eigenvalue weighted by Crippen LogP contribution is -2.48. The zero-order chi connectivity index (χ0) is 34.7. The van der Waals surface area contributed by atoms with Gasteiger partial charge in [-0.15, -0.1) is 10.8 Å². The number of nitrogens with zero attached hydrogens (tertiary/aromatic N) is 1. The molecule has 0 aromatic heterocycles. The molecule has 3 aromatic rings. The van der Waals surface area contributed by atoms with Crippen LogP contribution in [0.1, 0.15) is 57.1 Å². The molecule has 3 aromatic carbocycles. The number of methoxy groups -OCH3 is 1. The molecule has 254 valence electrons. The van der Waals surface area contributed by atoms with Gasteiger partial charge in [0.05, 0.1) is 31.8 Å². The van der Waals surface area contributed by atoms with Crippen LogP contribution in [0.3, 0.4) is 0 Å². The first kappa shape index (κ1) is 35.6. The molecule has 6 N–H and O–H groups in total. The van der Waals surface area contributed by atoms with Crippen LogP contribution in [0.4, 0.5) is 4.79 Å². The molecule has 1 saturated heterocycles. The van der Waals surface area contributed by atoms with E-state index < -0.39 is 45.9 Å². The Labute approximate surface area is 278 Å². The van der Waals surface area contributed by atoms with Crippen molar-refractivity contribution in [1.29, 1.82) is 5.26 Å². The molecule has 4 rings (SSSR count). The fourth-order valence-corrected chi connectivity index (χ4v) is 6.51. The van der Waals surface area contributed by atoms with Gasteiger partial charge in [-0.3, -0.25) is 23.4 Å². The molecule has 2 atom stereocenters. The van der Waals surface area contributed by atoms with Gasteiger partial charge in [0.15, 0.2) is 0 Å². The Morgan fingerprint density at radius 3 is 2.52 bits per heavy atom. The number of carbonyl (C=O) groups excluding carboxylic acids is 4. The first-order valence-electron chi connectivity index (χ1n) is 14.9. The molecule has 48 heavy (non-hydrogen) atoms. The Balaban J connectivity index is 1.39. The fraction of sp³-hybridized carbons (Fsp3) is 0.303. The van der Waals surface area contributed by atoms with E-state index in [1.165, 1.54) is 37.4 Å². The second-order valence-electron chi connectivity index (χ2n) is 10.8. The number of phenolic OH excluding ortho intramolecular Hbond substituents is 1. The summed E-state index contributed by atoms with van der Waals surface area (Å²) >= 11 is 0. The van der Waals surface area contributed by atoms with Crippen molar-refractivity contribution in [3.63, 3.8) is 0 Å². The van der Waals surface area contributed by atoms with Crippen LogP contribution in [-0.2, 0) is 32.1 Å². The highest BCUT2D eigenvalue weighted by molar-refractivity contribution is 8.23. The van der Waals surface area contributed by atoms with Crippen LogP contribution in [0.5, 0.6) is 11.5 Å². The van der Waals surface area contributed by atoms with Crippen molar-refractivity contribution < 1.29 is 47.6 Å². The van der Waals surface area contributed by atoms with Crippen LogP contribution in [0.25, 0.3) is 0 Å². The molecule has 1 aliphatic rings. The third kappa shape index (κ3) is 9.38. The van der Waals surface area contributed by atoms with E-state index in [1.807, 2.05) is 12.1 Å². The number of hydrogen-bond acceptors (Lipinski definition) is 11. The maximum absolute atomic E-state index is 13.3. The van der Waals surface area contributed by atoms with Gasteiger partial charge in [-0.2, -0.15) is 5.26 Å². The van der Waals surface area contributed by atoms with Crippen LogP contribution in [0, 0.1) is 11.3 Å². The highest BCUT2D eigenvalue weighted by Crippen LogP contribution is 2.56. The molecule has 0 saturated carbocycles. The minimum Gasteiger partial charge on any atom is -0.507 e. The number of hydrogen-bond donors (Lipinski definition) is 6. The number of carbonyl (C=O) groups is 4. The Kier molecular flexibility index (Phi) is 12.2. The van der Waals surface area contributed by atoms with Gasteiger partial charge in [0.1, 0.15) is 35.0 Å². The molecule has 1 unspecified atom stereocenters. The highest BCUT2D eigenvalue weighted by atomic mass is 32.3. The Morgan fingerprint density at radius 2 is 1.83 bits per heavy atom. The molecule has 1 fully saturated rings.